The minimum absolute atomic E-state index is 0.00613. The molecule has 3 N–H and O–H groups in total. The fourth-order valence-electron chi connectivity index (χ4n) is 5.42. The van der Waals surface area contributed by atoms with E-state index in [0.29, 0.717) is 11.1 Å². The summed E-state index contributed by atoms with van der Waals surface area (Å²) in [7, 11) is 1.60. The summed E-state index contributed by atoms with van der Waals surface area (Å²) in [5, 5.41) is 2.52. The number of anilines is 1. The molecule has 0 saturated heterocycles. The van der Waals surface area contributed by atoms with Crippen LogP contribution in [0.4, 0.5) is 27.6 Å². The molecular weight excluding hydrogens is 569 g/mol. The van der Waals surface area contributed by atoms with E-state index in [4.69, 9.17) is 10.5 Å². The summed E-state index contributed by atoms with van der Waals surface area (Å²) >= 11 is 0. The molecule has 2 aromatic carbocycles. The zero-order valence-corrected chi connectivity index (χ0v) is 22.7. The number of benzene rings is 2. The molecule has 1 aliphatic rings. The number of ketones is 1. The Morgan fingerprint density at radius 3 is 2.65 bits per heavy atom. The Morgan fingerprint density at radius 1 is 1.21 bits per heavy atom. The Bertz CT molecular complexity index is 1960. The Kier molecular flexibility index (Phi) is 6.80. The summed E-state index contributed by atoms with van der Waals surface area (Å²) in [6, 6.07) is 7.37. The van der Waals surface area contributed by atoms with E-state index >= 15 is 8.78 Å². The van der Waals surface area contributed by atoms with Gasteiger partial charge in [0.2, 0.25) is 5.78 Å². The molecule has 3 aromatic heterocycles. The summed E-state index contributed by atoms with van der Waals surface area (Å²) in [5.74, 6) is -2.78. The van der Waals surface area contributed by atoms with Crippen molar-refractivity contribution in [3.63, 3.8) is 0 Å². The number of carbonyl (C=O) groups is 1. The van der Waals surface area contributed by atoms with Gasteiger partial charge in [-0.2, -0.15) is 13.2 Å². The lowest BCUT2D eigenvalue weighted by Crippen LogP contribution is -2.13. The van der Waals surface area contributed by atoms with Crippen LogP contribution in [0.5, 0.6) is 5.75 Å². The molecule has 4 heterocycles. The number of alkyl halides is 3. The zero-order chi connectivity index (χ0) is 30.6. The number of halogens is 5. The first-order valence-electron chi connectivity index (χ1n) is 13.2. The molecule has 5 aromatic rings. The largest absolute Gasteiger partial charge is 0.490 e. The second-order valence-electron chi connectivity index (χ2n) is 10.1. The summed E-state index contributed by atoms with van der Waals surface area (Å²) in [4.78, 5) is 18.0. The lowest BCUT2D eigenvalue weighted by molar-refractivity contribution is -0.137. The normalized spacial score (nSPS) is 13.2. The van der Waals surface area contributed by atoms with Crippen LogP contribution in [0.3, 0.4) is 0 Å². The number of pyridine rings is 1. The minimum Gasteiger partial charge on any atom is -0.490 e. The van der Waals surface area contributed by atoms with E-state index in [1.54, 1.807) is 13.1 Å². The highest BCUT2D eigenvalue weighted by Gasteiger charge is 2.38. The van der Waals surface area contributed by atoms with Crippen LogP contribution in [0.15, 0.2) is 73.4 Å². The maximum Gasteiger partial charge on any atom is 0.417 e. The number of rotatable bonds is 6. The quantitative estimate of drug-likeness (QED) is 0.135. The molecular formula is C31H24F5N5O2. The molecule has 0 saturated carbocycles. The van der Waals surface area contributed by atoms with Crippen molar-refractivity contribution in [2.24, 2.45) is 12.8 Å². The number of fused-ring (bicyclic) bond motifs is 4. The van der Waals surface area contributed by atoms with Crippen LogP contribution in [0, 0.1) is 11.6 Å². The topological polar surface area (TPSA) is 86.6 Å². The molecule has 0 fully saturated rings. The van der Waals surface area contributed by atoms with Crippen LogP contribution in [0.25, 0.3) is 27.7 Å². The SMILES string of the molecule is C=C(/C=C/CN)Nc1c(F)cc(C(=O)c2cc3c4c(cccn24)-c2c(C(F)(F)F)cc4c(ncn4C)c2OCC3)cc1F. The molecule has 12 heteroatoms. The average Bonchev–Trinajstić information content (AvgIpc) is 3.51. The number of nitrogens with one attached hydrogen (secondary N) is 1. The minimum atomic E-state index is -4.74. The van der Waals surface area contributed by atoms with Crippen LogP contribution < -0.4 is 15.8 Å². The summed E-state index contributed by atoms with van der Waals surface area (Å²) in [6.45, 7) is 3.88. The van der Waals surface area contributed by atoms with Crippen molar-refractivity contribution in [3.05, 3.63) is 107 Å². The number of nitrogens with two attached hydrogens (primary N) is 1. The lowest BCUT2D eigenvalue weighted by Gasteiger charge is -2.22. The molecule has 0 atom stereocenters. The maximum atomic E-state index is 15.0. The number of aryl methyl sites for hydroxylation is 1. The monoisotopic (exact) mass is 593 g/mol. The van der Waals surface area contributed by atoms with E-state index < -0.39 is 34.8 Å². The fourth-order valence-corrected chi connectivity index (χ4v) is 5.42. The zero-order valence-electron chi connectivity index (χ0n) is 22.7. The van der Waals surface area contributed by atoms with E-state index in [1.807, 2.05) is 0 Å². The van der Waals surface area contributed by atoms with Crippen molar-refractivity contribution >= 4 is 28.0 Å². The van der Waals surface area contributed by atoms with Gasteiger partial charge in [-0.1, -0.05) is 18.7 Å². The summed E-state index contributed by atoms with van der Waals surface area (Å²) in [6.07, 6.45) is 1.46. The average molecular weight is 594 g/mol. The molecule has 1 aliphatic heterocycles. The first kappa shape index (κ1) is 28.2. The maximum absolute atomic E-state index is 15.0. The predicted octanol–water partition coefficient (Wildman–Crippen LogP) is 6.40. The highest BCUT2D eigenvalue weighted by Crippen LogP contribution is 2.48. The molecule has 220 valence electrons. The molecule has 0 unspecified atom stereocenters. The predicted molar refractivity (Wildman–Crippen MR) is 152 cm³/mol. The molecule has 0 amide bonds. The van der Waals surface area contributed by atoms with Crippen LogP contribution in [0.2, 0.25) is 0 Å². The third-order valence-electron chi connectivity index (χ3n) is 7.31. The standard InChI is InChI=1S/C31H24F5N5O2/c1-16(5-3-8-37)39-26-21(32)11-18(12-22(26)33)29(42)24-13-17-7-10-43-30-25(19-6-4-9-41(24)28(17)19)20(31(34,35)36)14-23-27(30)38-15-40(23)2/h3-6,9,11-15,39H,1,7-8,10,37H2,2H3/b5-3+. The number of hydrogen-bond donors (Lipinski definition) is 2. The number of hydrogen-bond acceptors (Lipinski definition) is 5. The van der Waals surface area contributed by atoms with E-state index in [1.165, 1.54) is 45.8 Å². The Hall–Kier alpha value is -4.97. The Balaban J connectivity index is 1.51. The molecule has 7 nitrogen and oxygen atoms in total. The highest BCUT2D eigenvalue weighted by molar-refractivity contribution is 6.10. The molecule has 0 aliphatic carbocycles. The number of aromatic nitrogens is 3. The van der Waals surface area contributed by atoms with Crippen LogP contribution >= 0.6 is 0 Å². The highest BCUT2D eigenvalue weighted by atomic mass is 19.4. The first-order valence-corrected chi connectivity index (χ1v) is 13.2. The van der Waals surface area contributed by atoms with Gasteiger partial charge in [-0.25, -0.2) is 13.8 Å². The Labute approximate surface area is 241 Å². The van der Waals surface area contributed by atoms with Crippen LogP contribution in [-0.4, -0.2) is 32.9 Å². The number of ether oxygens (including phenoxy) is 1. The number of nitrogens with zero attached hydrogens (tertiary/aromatic N) is 3. The van der Waals surface area contributed by atoms with Crippen LogP contribution in [0.1, 0.15) is 27.2 Å². The third kappa shape index (κ3) is 4.73. The van der Waals surface area contributed by atoms with Gasteiger partial charge in [0.1, 0.15) is 22.8 Å². The van der Waals surface area contributed by atoms with E-state index in [9.17, 15) is 18.0 Å². The van der Waals surface area contributed by atoms with E-state index in [2.05, 4.69) is 16.9 Å². The van der Waals surface area contributed by atoms with E-state index in [-0.39, 0.29) is 64.4 Å². The summed E-state index contributed by atoms with van der Waals surface area (Å²) in [5.41, 5.74) is 5.34. The second-order valence-corrected chi connectivity index (χ2v) is 10.1. The van der Waals surface area contributed by atoms with Crippen molar-refractivity contribution in [1.82, 2.24) is 14.0 Å². The molecule has 6 rings (SSSR count). The van der Waals surface area contributed by atoms with Crippen molar-refractivity contribution in [3.8, 4) is 16.9 Å². The lowest BCUT2D eigenvalue weighted by atomic mass is 9.94. The van der Waals surface area contributed by atoms with Gasteiger partial charge in [0, 0.05) is 48.6 Å². The van der Waals surface area contributed by atoms with Crippen molar-refractivity contribution in [2.75, 3.05) is 18.5 Å². The number of allylic oxidation sites excluding steroid dienone is 1. The first-order chi connectivity index (χ1) is 20.5. The van der Waals surface area contributed by atoms with Gasteiger partial charge in [0.15, 0.2) is 5.75 Å². The fraction of sp³-hybridized carbons (Fsp3) is 0.161. The van der Waals surface area contributed by atoms with Crippen molar-refractivity contribution in [1.29, 1.82) is 0 Å². The smallest absolute Gasteiger partial charge is 0.417 e. The van der Waals surface area contributed by atoms with Gasteiger partial charge < -0.3 is 24.8 Å². The van der Waals surface area contributed by atoms with Gasteiger partial charge in [-0.3, -0.25) is 4.79 Å². The summed E-state index contributed by atoms with van der Waals surface area (Å²) < 4.78 is 82.4. The van der Waals surface area contributed by atoms with Crippen LogP contribution in [-0.2, 0) is 19.6 Å². The molecule has 0 spiro atoms. The third-order valence-corrected chi connectivity index (χ3v) is 7.31. The molecule has 0 bridgehead atoms. The van der Waals surface area contributed by atoms with Gasteiger partial charge in [0.25, 0.3) is 0 Å². The van der Waals surface area contributed by atoms with Crippen molar-refractivity contribution in [2.45, 2.75) is 12.6 Å². The van der Waals surface area contributed by atoms with E-state index in [0.717, 1.165) is 18.2 Å². The second kappa shape index (κ2) is 10.4. The van der Waals surface area contributed by atoms with Gasteiger partial charge in [0.05, 0.1) is 35.2 Å². The number of carbonyl (C=O) groups excluding carboxylic acids is 1. The molecule has 0 radical (unpaired) electrons. The van der Waals surface area contributed by atoms with Gasteiger partial charge in [-0.05, 0) is 42.0 Å². The number of imidazole rings is 1. The Morgan fingerprint density at radius 2 is 1.95 bits per heavy atom. The van der Waals surface area contributed by atoms with Gasteiger partial charge >= 0.3 is 6.18 Å². The van der Waals surface area contributed by atoms with Crippen molar-refractivity contribution < 1.29 is 31.5 Å². The molecule has 43 heavy (non-hydrogen) atoms. The van der Waals surface area contributed by atoms with Gasteiger partial charge in [-0.15, -0.1) is 0 Å².